The fourth-order valence-electron chi connectivity index (χ4n) is 1.08. The molecule has 2 rings (SSSR count). The highest BCUT2D eigenvalue weighted by atomic mass is 79.9. The largest absolute Gasteiger partial charge is 0.248 e. The quantitative estimate of drug-likeness (QED) is 0.801. The molecule has 1 aromatic carbocycles. The molecule has 0 radical (unpaired) electrons. The number of nitrogens with zero attached hydrogens (tertiary/aromatic N) is 1. The van der Waals surface area contributed by atoms with Gasteiger partial charge in [0.15, 0.2) is 0 Å². The maximum Gasteiger partial charge on any atom is 0.115 e. The molecule has 0 N–H and O–H groups in total. The van der Waals surface area contributed by atoms with E-state index in [9.17, 15) is 0 Å². The zero-order chi connectivity index (χ0) is 10.7. The van der Waals surface area contributed by atoms with Crippen molar-refractivity contribution in [2.75, 3.05) is 0 Å². The maximum atomic E-state index is 6.06. The van der Waals surface area contributed by atoms with Gasteiger partial charge in [-0.2, -0.15) is 0 Å². The topological polar surface area (TPSA) is 12.9 Å². The Morgan fingerprint density at radius 2 is 1.93 bits per heavy atom. The van der Waals surface area contributed by atoms with Crippen LogP contribution in [0.3, 0.4) is 0 Å². The first-order valence-electron chi connectivity index (χ1n) is 4.30. The molecule has 1 aromatic heterocycles. The van der Waals surface area contributed by atoms with Crippen molar-refractivity contribution in [3.05, 3.63) is 52.1 Å². The van der Waals surface area contributed by atoms with Crippen molar-refractivity contribution in [3.8, 4) is 0 Å². The summed E-state index contributed by atoms with van der Waals surface area (Å²) >= 11 is 11.1. The summed E-state index contributed by atoms with van der Waals surface area (Å²) in [6.07, 6.45) is 1.77. The van der Waals surface area contributed by atoms with E-state index in [0.717, 1.165) is 19.4 Å². The van der Waals surface area contributed by atoms with Gasteiger partial charge >= 0.3 is 0 Å². The van der Waals surface area contributed by atoms with E-state index in [-0.39, 0.29) is 0 Å². The first-order valence-corrected chi connectivity index (χ1v) is 6.29. The Morgan fingerprint density at radius 3 is 2.67 bits per heavy atom. The third-order valence-corrected chi connectivity index (χ3v) is 4.21. The van der Waals surface area contributed by atoms with Crippen LogP contribution in [0.1, 0.15) is 0 Å². The summed E-state index contributed by atoms with van der Waals surface area (Å²) in [4.78, 5) is 5.28. The lowest BCUT2D eigenvalue weighted by atomic mass is 10.4. The van der Waals surface area contributed by atoms with E-state index < -0.39 is 0 Å². The number of rotatable bonds is 2. The van der Waals surface area contributed by atoms with Crippen molar-refractivity contribution < 1.29 is 0 Å². The van der Waals surface area contributed by atoms with Gasteiger partial charge < -0.3 is 0 Å². The van der Waals surface area contributed by atoms with Crippen molar-refractivity contribution in [1.29, 1.82) is 0 Å². The highest BCUT2D eigenvalue weighted by Gasteiger charge is 2.05. The highest BCUT2D eigenvalue weighted by Crippen LogP contribution is 2.35. The lowest BCUT2D eigenvalue weighted by Gasteiger charge is -2.04. The summed E-state index contributed by atoms with van der Waals surface area (Å²) in [5.74, 6) is 0. The minimum Gasteiger partial charge on any atom is -0.248 e. The molecular formula is C11H7BrClNS. The van der Waals surface area contributed by atoms with Crippen molar-refractivity contribution in [1.82, 2.24) is 4.98 Å². The second-order valence-electron chi connectivity index (χ2n) is 2.82. The predicted molar refractivity (Wildman–Crippen MR) is 67.5 cm³/mol. The van der Waals surface area contributed by atoms with Crippen molar-refractivity contribution in [2.45, 2.75) is 9.92 Å². The van der Waals surface area contributed by atoms with E-state index in [2.05, 4.69) is 20.9 Å². The van der Waals surface area contributed by atoms with E-state index >= 15 is 0 Å². The summed E-state index contributed by atoms with van der Waals surface area (Å²) in [6, 6.07) is 11.6. The molecule has 0 atom stereocenters. The molecule has 0 fully saturated rings. The predicted octanol–water partition coefficient (Wildman–Crippen LogP) is 4.65. The van der Waals surface area contributed by atoms with Crippen LogP contribution in [0.2, 0.25) is 5.02 Å². The van der Waals surface area contributed by atoms with Crippen LogP contribution in [-0.2, 0) is 0 Å². The Labute approximate surface area is 106 Å². The summed E-state index contributed by atoms with van der Waals surface area (Å²) in [7, 11) is 0. The summed E-state index contributed by atoms with van der Waals surface area (Å²) in [5, 5.41) is 1.67. The van der Waals surface area contributed by atoms with E-state index in [4.69, 9.17) is 11.6 Å². The average molecular weight is 301 g/mol. The first kappa shape index (κ1) is 11.0. The van der Waals surface area contributed by atoms with Crippen molar-refractivity contribution >= 4 is 39.3 Å². The standard InChI is InChI=1S/C11H7BrClNS/c12-8-4-3-7-14-11(8)15-10-6-2-1-5-9(10)13/h1-7H. The van der Waals surface area contributed by atoms with Gasteiger partial charge in [0.25, 0.3) is 0 Å². The lowest BCUT2D eigenvalue weighted by Crippen LogP contribution is -1.81. The Bertz CT molecular complexity index is 432. The molecule has 0 saturated heterocycles. The minimum absolute atomic E-state index is 0.750. The molecule has 0 aliphatic carbocycles. The monoisotopic (exact) mass is 299 g/mol. The molecule has 0 spiro atoms. The number of aromatic nitrogens is 1. The molecule has 1 heterocycles. The van der Waals surface area contributed by atoms with Gasteiger partial charge in [0, 0.05) is 11.1 Å². The Hall–Kier alpha value is -0.510. The molecule has 0 bridgehead atoms. The van der Waals surface area contributed by atoms with Crippen LogP contribution in [0, 0.1) is 0 Å². The molecule has 0 saturated carbocycles. The van der Waals surface area contributed by atoms with Gasteiger partial charge in [-0.1, -0.05) is 35.5 Å². The summed E-state index contributed by atoms with van der Waals surface area (Å²) in [6.45, 7) is 0. The zero-order valence-corrected chi connectivity index (χ0v) is 10.8. The molecule has 1 nitrogen and oxygen atoms in total. The Morgan fingerprint density at radius 1 is 1.13 bits per heavy atom. The third-order valence-electron chi connectivity index (χ3n) is 1.77. The highest BCUT2D eigenvalue weighted by molar-refractivity contribution is 9.10. The fourth-order valence-corrected chi connectivity index (χ4v) is 2.63. The van der Waals surface area contributed by atoms with E-state index in [1.54, 1.807) is 18.0 Å². The number of pyridine rings is 1. The van der Waals surface area contributed by atoms with Crippen LogP contribution in [0.15, 0.2) is 57.0 Å². The van der Waals surface area contributed by atoms with Crippen LogP contribution in [0.4, 0.5) is 0 Å². The van der Waals surface area contributed by atoms with E-state index in [1.165, 1.54) is 0 Å². The van der Waals surface area contributed by atoms with Gasteiger partial charge in [-0.3, -0.25) is 0 Å². The van der Waals surface area contributed by atoms with E-state index in [0.29, 0.717) is 0 Å². The van der Waals surface area contributed by atoms with Crippen LogP contribution < -0.4 is 0 Å². The molecule has 2 aromatic rings. The number of benzene rings is 1. The molecule has 0 aliphatic rings. The summed E-state index contributed by atoms with van der Waals surface area (Å²) in [5.41, 5.74) is 0. The molecule has 0 unspecified atom stereocenters. The Kier molecular flexibility index (Phi) is 3.67. The van der Waals surface area contributed by atoms with Crippen molar-refractivity contribution in [3.63, 3.8) is 0 Å². The SMILES string of the molecule is Clc1ccccc1Sc1ncccc1Br. The molecular weight excluding hydrogens is 294 g/mol. The van der Waals surface area contributed by atoms with Gasteiger partial charge in [0.05, 0.1) is 9.50 Å². The fraction of sp³-hybridized carbons (Fsp3) is 0. The summed E-state index contributed by atoms with van der Waals surface area (Å²) < 4.78 is 0.981. The van der Waals surface area contributed by atoms with Gasteiger partial charge in [-0.15, -0.1) is 0 Å². The average Bonchev–Trinajstić information content (AvgIpc) is 2.24. The second kappa shape index (κ2) is 5.01. The minimum atomic E-state index is 0.750. The molecule has 0 aliphatic heterocycles. The van der Waals surface area contributed by atoms with E-state index in [1.807, 2.05) is 36.4 Å². The normalized spacial score (nSPS) is 10.3. The maximum absolute atomic E-state index is 6.06. The molecule has 4 heteroatoms. The first-order chi connectivity index (χ1) is 7.27. The van der Waals surface area contributed by atoms with Crippen molar-refractivity contribution in [2.24, 2.45) is 0 Å². The molecule has 76 valence electrons. The number of halogens is 2. The molecule has 0 amide bonds. The lowest BCUT2D eigenvalue weighted by molar-refractivity contribution is 1.11. The second-order valence-corrected chi connectivity index (χ2v) is 5.12. The van der Waals surface area contributed by atoms with Gasteiger partial charge in [0.2, 0.25) is 0 Å². The zero-order valence-electron chi connectivity index (χ0n) is 7.65. The van der Waals surface area contributed by atoms with Crippen LogP contribution in [0.5, 0.6) is 0 Å². The molecule has 15 heavy (non-hydrogen) atoms. The number of hydrogen-bond acceptors (Lipinski definition) is 2. The Balaban J connectivity index is 2.30. The van der Waals surface area contributed by atoms with Crippen LogP contribution in [-0.4, -0.2) is 4.98 Å². The van der Waals surface area contributed by atoms with Crippen LogP contribution >= 0.6 is 39.3 Å². The smallest absolute Gasteiger partial charge is 0.115 e. The third kappa shape index (κ3) is 2.74. The van der Waals surface area contributed by atoms with Crippen LogP contribution in [0.25, 0.3) is 0 Å². The van der Waals surface area contributed by atoms with Gasteiger partial charge in [-0.05, 0) is 40.2 Å². The van der Waals surface area contributed by atoms with Gasteiger partial charge in [-0.25, -0.2) is 4.98 Å². The van der Waals surface area contributed by atoms with Gasteiger partial charge in [0.1, 0.15) is 5.03 Å². The number of hydrogen-bond donors (Lipinski definition) is 0.